The number of hydrogen-bond donors (Lipinski definition) is 4. The van der Waals surface area contributed by atoms with Gasteiger partial charge >= 0.3 is 0 Å². The summed E-state index contributed by atoms with van der Waals surface area (Å²) in [6.07, 6.45) is 1.31. The van der Waals surface area contributed by atoms with Crippen LogP contribution in [-0.4, -0.2) is 75.9 Å². The molecule has 3 heterocycles. The Bertz CT molecular complexity index is 1370. The number of methoxy groups -OCH3 is 1. The van der Waals surface area contributed by atoms with Crippen molar-refractivity contribution < 1.29 is 14.6 Å². The first-order chi connectivity index (χ1) is 17.5. The number of nitrogens with one attached hydrogen (secondary N) is 1. The molecule has 3 aromatic rings. The number of likely N-dealkylation sites (N-methyl/N-ethyl adjacent to an activating group) is 1. The van der Waals surface area contributed by atoms with E-state index in [1.54, 1.807) is 21.0 Å². The van der Waals surface area contributed by atoms with Crippen molar-refractivity contribution in [2.45, 2.75) is 32.9 Å². The van der Waals surface area contributed by atoms with E-state index in [1.807, 2.05) is 18.2 Å². The van der Waals surface area contributed by atoms with E-state index in [2.05, 4.69) is 32.0 Å². The van der Waals surface area contributed by atoms with Crippen LogP contribution in [0.4, 0.5) is 23.1 Å². The summed E-state index contributed by atoms with van der Waals surface area (Å²) in [7, 11) is 1.59. The quantitative estimate of drug-likeness (QED) is 0.345. The fourth-order valence-corrected chi connectivity index (χ4v) is 4.51. The highest BCUT2D eigenvalue weighted by molar-refractivity contribution is 6.00. The van der Waals surface area contributed by atoms with Crippen molar-refractivity contribution in [1.82, 2.24) is 19.4 Å². The largest absolute Gasteiger partial charge is 0.494 e. The number of primary amides is 1. The van der Waals surface area contributed by atoms with Crippen molar-refractivity contribution in [2.24, 2.45) is 5.73 Å². The van der Waals surface area contributed by atoms with E-state index in [-0.39, 0.29) is 34.9 Å². The van der Waals surface area contributed by atoms with Gasteiger partial charge in [0.2, 0.25) is 11.4 Å². The molecule has 0 spiro atoms. The van der Waals surface area contributed by atoms with Gasteiger partial charge in [0.15, 0.2) is 5.65 Å². The Morgan fingerprint density at radius 1 is 1.24 bits per heavy atom. The number of nitrogens with zero attached hydrogens (tertiary/aromatic N) is 5. The van der Waals surface area contributed by atoms with Crippen molar-refractivity contribution in [2.75, 3.05) is 55.8 Å². The van der Waals surface area contributed by atoms with Crippen LogP contribution in [0.25, 0.3) is 11.0 Å². The van der Waals surface area contributed by atoms with Gasteiger partial charge in [0, 0.05) is 44.1 Å². The highest BCUT2D eigenvalue weighted by Gasteiger charge is 2.24. The second-order valence-electron chi connectivity index (χ2n) is 9.71. The molecule has 1 amide bonds. The lowest BCUT2D eigenvalue weighted by Crippen LogP contribution is -2.46. The number of nitrogens with two attached hydrogens (primary N) is 2. The van der Waals surface area contributed by atoms with Gasteiger partial charge in [-0.05, 0) is 32.5 Å². The molecule has 1 fully saturated rings. The van der Waals surface area contributed by atoms with E-state index >= 15 is 0 Å². The molecule has 198 valence electrons. The first-order valence-electron chi connectivity index (χ1n) is 12.2. The van der Waals surface area contributed by atoms with Crippen molar-refractivity contribution >= 4 is 40.1 Å². The Morgan fingerprint density at radius 2 is 1.95 bits per heavy atom. The molecule has 1 aliphatic heterocycles. The van der Waals surface area contributed by atoms with Crippen LogP contribution in [0.3, 0.4) is 0 Å². The van der Waals surface area contributed by atoms with Gasteiger partial charge in [-0.25, -0.2) is 4.98 Å². The molecular formula is C25H34N8O4. The number of benzene rings is 1. The van der Waals surface area contributed by atoms with Crippen LogP contribution in [0, 0.1) is 0 Å². The number of carbonyl (C=O) groups is 1. The molecule has 6 N–H and O–H groups in total. The molecule has 12 heteroatoms. The van der Waals surface area contributed by atoms with Crippen LogP contribution < -0.4 is 31.8 Å². The number of fused-ring (bicyclic) bond motifs is 1. The Kier molecular flexibility index (Phi) is 7.23. The van der Waals surface area contributed by atoms with E-state index < -0.39 is 16.9 Å². The van der Waals surface area contributed by atoms with E-state index in [0.29, 0.717) is 11.4 Å². The van der Waals surface area contributed by atoms with Crippen molar-refractivity contribution in [1.29, 1.82) is 0 Å². The molecule has 0 atom stereocenters. The van der Waals surface area contributed by atoms with Gasteiger partial charge in [-0.1, -0.05) is 6.92 Å². The van der Waals surface area contributed by atoms with Gasteiger partial charge in [-0.3, -0.25) is 9.59 Å². The molecule has 0 bridgehead atoms. The highest BCUT2D eigenvalue weighted by Crippen LogP contribution is 2.32. The first-order valence-corrected chi connectivity index (χ1v) is 12.2. The van der Waals surface area contributed by atoms with Crippen LogP contribution in [0.5, 0.6) is 5.75 Å². The SMILES string of the molecule is CCN1CCN(c2ccc(Nc3ncc4c(=O)c(C(N)=O)c(N)n(CC(C)(C)O)c4n3)c(OC)c2)CC1. The molecule has 1 aliphatic rings. The van der Waals surface area contributed by atoms with Crippen LogP contribution >= 0.6 is 0 Å². The molecule has 0 radical (unpaired) electrons. The lowest BCUT2D eigenvalue weighted by atomic mass is 10.1. The second-order valence-corrected chi connectivity index (χ2v) is 9.71. The zero-order valence-electron chi connectivity index (χ0n) is 21.6. The summed E-state index contributed by atoms with van der Waals surface area (Å²) in [6, 6.07) is 5.86. The molecule has 4 rings (SSSR count). The molecule has 1 aromatic carbocycles. The van der Waals surface area contributed by atoms with Crippen LogP contribution in [-0.2, 0) is 6.54 Å². The number of piperazine rings is 1. The Balaban J connectivity index is 1.71. The molecule has 0 unspecified atom stereocenters. The summed E-state index contributed by atoms with van der Waals surface area (Å²) < 4.78 is 7.04. The van der Waals surface area contributed by atoms with E-state index in [9.17, 15) is 14.7 Å². The third-order valence-corrected chi connectivity index (χ3v) is 6.45. The van der Waals surface area contributed by atoms with Gasteiger partial charge in [-0.2, -0.15) is 4.98 Å². The van der Waals surface area contributed by atoms with Crippen molar-refractivity contribution in [3.63, 3.8) is 0 Å². The van der Waals surface area contributed by atoms with Crippen LogP contribution in [0.2, 0.25) is 0 Å². The third kappa shape index (κ3) is 5.44. The van der Waals surface area contributed by atoms with Crippen LogP contribution in [0.1, 0.15) is 31.1 Å². The molecule has 2 aromatic heterocycles. The topological polar surface area (TPSA) is 165 Å². The van der Waals surface area contributed by atoms with Gasteiger partial charge in [-0.15, -0.1) is 0 Å². The van der Waals surface area contributed by atoms with Gasteiger partial charge < -0.3 is 41.0 Å². The molecule has 1 saturated heterocycles. The molecular weight excluding hydrogens is 476 g/mol. The minimum atomic E-state index is -1.22. The maximum Gasteiger partial charge on any atom is 0.256 e. The number of nitrogen functional groups attached to an aromatic ring is 1. The maximum absolute atomic E-state index is 12.9. The summed E-state index contributed by atoms with van der Waals surface area (Å²) >= 11 is 0. The number of rotatable bonds is 8. The monoisotopic (exact) mass is 510 g/mol. The molecule has 0 aliphatic carbocycles. The predicted molar refractivity (Wildman–Crippen MR) is 144 cm³/mol. The number of amides is 1. The number of pyridine rings is 1. The highest BCUT2D eigenvalue weighted by atomic mass is 16.5. The summed E-state index contributed by atoms with van der Waals surface area (Å²) in [5.41, 5.74) is 11.2. The maximum atomic E-state index is 12.9. The average Bonchev–Trinajstić information content (AvgIpc) is 2.86. The molecule has 12 nitrogen and oxygen atoms in total. The number of anilines is 4. The normalized spacial score (nSPS) is 14.7. The summed E-state index contributed by atoms with van der Waals surface area (Å²) in [6.45, 7) is 10.2. The first kappa shape index (κ1) is 26.2. The van der Waals surface area contributed by atoms with Crippen molar-refractivity contribution in [3.8, 4) is 5.75 Å². The standard InChI is InChI=1S/C25H34N8O4/c1-5-31-8-10-32(11-9-31)15-6-7-17(18(12-15)37-4)29-24-28-13-16-20(34)19(22(27)35)21(26)33(23(16)30-24)14-25(2,3)36/h6-7,12-13,36H,5,8-11,14,26H2,1-4H3,(H2,27,35)(H,28,29,30). The molecule has 0 saturated carbocycles. The summed E-state index contributed by atoms with van der Waals surface area (Å²) in [4.78, 5) is 38.4. The minimum absolute atomic E-state index is 0.0321. The van der Waals surface area contributed by atoms with Crippen LogP contribution in [0.15, 0.2) is 29.2 Å². The lowest BCUT2D eigenvalue weighted by Gasteiger charge is -2.35. The van der Waals surface area contributed by atoms with Crippen molar-refractivity contribution in [3.05, 3.63) is 40.2 Å². The van der Waals surface area contributed by atoms with E-state index in [0.717, 1.165) is 38.4 Å². The number of carbonyl (C=O) groups excluding carboxylic acids is 1. The van der Waals surface area contributed by atoms with E-state index in [4.69, 9.17) is 16.2 Å². The minimum Gasteiger partial charge on any atom is -0.494 e. The van der Waals surface area contributed by atoms with Gasteiger partial charge in [0.1, 0.15) is 17.1 Å². The Hall–Kier alpha value is -3.90. The number of aliphatic hydroxyl groups is 1. The lowest BCUT2D eigenvalue weighted by molar-refractivity contribution is 0.0629. The van der Waals surface area contributed by atoms with Gasteiger partial charge in [0.25, 0.3) is 5.91 Å². The number of aromatic nitrogens is 3. The third-order valence-electron chi connectivity index (χ3n) is 6.45. The fraction of sp³-hybridized carbons (Fsp3) is 0.440. The van der Waals surface area contributed by atoms with E-state index in [1.165, 1.54) is 10.8 Å². The molecule has 37 heavy (non-hydrogen) atoms. The summed E-state index contributed by atoms with van der Waals surface area (Å²) in [5.74, 6) is -0.333. The zero-order valence-corrected chi connectivity index (χ0v) is 21.6. The number of ether oxygens (including phenoxy) is 1. The zero-order chi connectivity index (χ0) is 26.9. The number of hydrogen-bond acceptors (Lipinski definition) is 10. The Morgan fingerprint density at radius 3 is 2.54 bits per heavy atom. The second kappa shape index (κ2) is 10.2. The average molecular weight is 511 g/mol. The van der Waals surface area contributed by atoms with Gasteiger partial charge in [0.05, 0.1) is 30.3 Å². The smallest absolute Gasteiger partial charge is 0.256 e. The fourth-order valence-electron chi connectivity index (χ4n) is 4.51. The predicted octanol–water partition coefficient (Wildman–Crippen LogP) is 1.14. The Labute approximate surface area is 214 Å². The summed E-state index contributed by atoms with van der Waals surface area (Å²) in [5, 5.41) is 13.6.